The fourth-order valence-corrected chi connectivity index (χ4v) is 6.44. The monoisotopic (exact) mass is 477 g/mol. The molecule has 4 rings (SSSR count). The van der Waals surface area contributed by atoms with Gasteiger partial charge in [-0.15, -0.1) is 0 Å². The van der Waals surface area contributed by atoms with E-state index in [1.165, 1.54) is 10.4 Å². The number of fused-ring (bicyclic) bond motifs is 1. The van der Waals surface area contributed by atoms with E-state index in [-0.39, 0.29) is 22.2 Å². The van der Waals surface area contributed by atoms with Crippen LogP contribution in [0.15, 0.2) is 82.6 Å². The minimum atomic E-state index is -4.20. The van der Waals surface area contributed by atoms with Crippen molar-refractivity contribution >= 4 is 37.3 Å². The highest BCUT2D eigenvalue weighted by Gasteiger charge is 2.39. The van der Waals surface area contributed by atoms with Gasteiger partial charge in [0.25, 0.3) is 0 Å². The lowest BCUT2D eigenvalue weighted by molar-refractivity contribution is 0.328. The third kappa shape index (κ3) is 4.46. The maximum absolute atomic E-state index is 13.6. The topological polar surface area (TPSA) is 110 Å². The van der Waals surface area contributed by atoms with E-state index in [4.69, 9.17) is 16.7 Å². The molecule has 0 aliphatic carbocycles. The molecule has 1 atom stereocenters. The summed E-state index contributed by atoms with van der Waals surface area (Å²) in [4.78, 5) is -0.611. The van der Waals surface area contributed by atoms with Gasteiger partial charge in [-0.2, -0.15) is 4.31 Å². The zero-order valence-corrected chi connectivity index (χ0v) is 18.7. The normalized spacial score (nSPS) is 18.2. The van der Waals surface area contributed by atoms with E-state index >= 15 is 0 Å². The van der Waals surface area contributed by atoms with E-state index in [1.54, 1.807) is 0 Å². The Hall–Kier alpha value is -2.43. The Morgan fingerprint density at radius 3 is 2.13 bits per heavy atom. The standard InChI is InChI=1S/C21H20ClN3O4S2/c22-17-12-18-20(13-19(17)30(23,26)27)31(28,29)25(14-16-9-5-2-6-10-16)21(24-18)11-15-7-3-1-4-8-15/h1-10,12-13,21,24H,11,14H2,(H2,23,26,27). The van der Waals surface area contributed by atoms with Crippen LogP contribution in [0.3, 0.4) is 0 Å². The highest BCUT2D eigenvalue weighted by Crippen LogP contribution is 2.38. The van der Waals surface area contributed by atoms with Crippen LogP contribution < -0.4 is 10.5 Å². The van der Waals surface area contributed by atoms with Crippen LogP contribution in [0.2, 0.25) is 5.02 Å². The lowest BCUT2D eigenvalue weighted by Crippen LogP contribution is -2.49. The average molecular weight is 478 g/mol. The molecular formula is C21H20ClN3O4S2. The first kappa shape index (κ1) is 21.8. The Morgan fingerprint density at radius 2 is 1.55 bits per heavy atom. The predicted molar refractivity (Wildman–Crippen MR) is 120 cm³/mol. The van der Waals surface area contributed by atoms with Gasteiger partial charge in [0, 0.05) is 13.0 Å². The second kappa shape index (κ2) is 8.25. The van der Waals surface area contributed by atoms with Crippen LogP contribution in [0.5, 0.6) is 0 Å². The van der Waals surface area contributed by atoms with Gasteiger partial charge >= 0.3 is 0 Å². The van der Waals surface area contributed by atoms with E-state index in [1.807, 2.05) is 60.7 Å². The van der Waals surface area contributed by atoms with E-state index in [9.17, 15) is 16.8 Å². The van der Waals surface area contributed by atoms with Gasteiger partial charge in [-0.3, -0.25) is 0 Å². The van der Waals surface area contributed by atoms with Crippen LogP contribution in [-0.2, 0) is 33.0 Å². The first-order valence-electron chi connectivity index (χ1n) is 9.39. The molecule has 0 saturated carbocycles. The maximum Gasteiger partial charge on any atom is 0.247 e. The molecule has 0 spiro atoms. The number of halogens is 1. The van der Waals surface area contributed by atoms with Crippen molar-refractivity contribution in [1.82, 2.24) is 4.31 Å². The third-order valence-electron chi connectivity index (χ3n) is 5.05. The van der Waals surface area contributed by atoms with Crippen LogP contribution >= 0.6 is 11.6 Å². The highest BCUT2D eigenvalue weighted by molar-refractivity contribution is 7.90. The van der Waals surface area contributed by atoms with Crippen molar-refractivity contribution in [2.24, 2.45) is 5.14 Å². The molecule has 1 heterocycles. The van der Waals surface area contributed by atoms with Crippen molar-refractivity contribution < 1.29 is 16.8 Å². The second-order valence-electron chi connectivity index (χ2n) is 7.21. The number of benzene rings is 3. The molecular weight excluding hydrogens is 458 g/mol. The maximum atomic E-state index is 13.6. The number of rotatable bonds is 5. The number of hydrogen-bond donors (Lipinski definition) is 2. The summed E-state index contributed by atoms with van der Waals surface area (Å²) >= 11 is 6.11. The lowest BCUT2D eigenvalue weighted by Gasteiger charge is -2.37. The predicted octanol–water partition coefficient (Wildman–Crippen LogP) is 3.17. The molecule has 0 amide bonds. The van der Waals surface area contributed by atoms with Gasteiger partial charge in [0.2, 0.25) is 20.0 Å². The fourth-order valence-electron chi connectivity index (χ4n) is 3.57. The summed E-state index contributed by atoms with van der Waals surface area (Å²) in [5, 5.41) is 8.30. The van der Waals surface area contributed by atoms with Crippen molar-refractivity contribution in [3.8, 4) is 0 Å². The van der Waals surface area contributed by atoms with E-state index in [2.05, 4.69) is 5.32 Å². The van der Waals surface area contributed by atoms with Gasteiger partial charge in [-0.05, 0) is 23.3 Å². The van der Waals surface area contributed by atoms with Gasteiger partial charge < -0.3 is 5.32 Å². The number of hydrogen-bond acceptors (Lipinski definition) is 5. The summed E-state index contributed by atoms with van der Waals surface area (Å²) in [5.74, 6) is 0. The van der Waals surface area contributed by atoms with Gasteiger partial charge in [0.15, 0.2) is 0 Å². The molecule has 3 aromatic rings. The number of nitrogens with two attached hydrogens (primary N) is 1. The summed E-state index contributed by atoms with van der Waals surface area (Å²) in [6.45, 7) is 0.112. The molecule has 10 heteroatoms. The largest absolute Gasteiger partial charge is 0.367 e. The zero-order chi connectivity index (χ0) is 22.2. The van der Waals surface area contributed by atoms with Crippen LogP contribution in [0.25, 0.3) is 0 Å². The van der Waals surface area contributed by atoms with E-state index < -0.39 is 31.1 Å². The molecule has 162 valence electrons. The molecule has 3 N–H and O–H groups in total. The quantitative estimate of drug-likeness (QED) is 0.586. The molecule has 0 aromatic heterocycles. The molecule has 1 unspecified atom stereocenters. The van der Waals surface area contributed by atoms with Crippen molar-refractivity contribution in [3.63, 3.8) is 0 Å². The summed E-state index contributed by atoms with van der Waals surface area (Å²) in [6, 6.07) is 21.0. The molecule has 31 heavy (non-hydrogen) atoms. The molecule has 1 aliphatic rings. The Morgan fingerprint density at radius 1 is 0.968 bits per heavy atom. The van der Waals surface area contributed by atoms with Gasteiger partial charge in [-0.1, -0.05) is 72.3 Å². The minimum absolute atomic E-state index is 0.112. The molecule has 7 nitrogen and oxygen atoms in total. The van der Waals surface area contributed by atoms with Crippen LogP contribution in [0.1, 0.15) is 11.1 Å². The number of nitrogens with zero attached hydrogens (tertiary/aromatic N) is 1. The van der Waals surface area contributed by atoms with E-state index in [0.717, 1.165) is 17.2 Å². The number of sulfonamides is 2. The number of anilines is 1. The fraction of sp³-hybridized carbons (Fsp3) is 0.143. The Balaban J connectivity index is 1.83. The number of primary sulfonamides is 1. The smallest absolute Gasteiger partial charge is 0.247 e. The summed E-state index contributed by atoms with van der Waals surface area (Å²) in [6.07, 6.45) is -0.197. The SMILES string of the molecule is NS(=O)(=O)c1cc2c(cc1Cl)NC(Cc1ccccc1)N(Cc1ccccc1)S2(=O)=O. The summed E-state index contributed by atoms with van der Waals surface area (Å²) < 4.78 is 52.3. The lowest BCUT2D eigenvalue weighted by atomic mass is 10.1. The molecule has 3 aromatic carbocycles. The van der Waals surface area contributed by atoms with Crippen molar-refractivity contribution in [1.29, 1.82) is 0 Å². The Kier molecular flexibility index (Phi) is 5.80. The molecule has 0 bridgehead atoms. The minimum Gasteiger partial charge on any atom is -0.367 e. The molecule has 0 radical (unpaired) electrons. The highest BCUT2D eigenvalue weighted by atomic mass is 35.5. The van der Waals surface area contributed by atoms with Crippen molar-refractivity contribution in [2.75, 3.05) is 5.32 Å². The molecule has 0 saturated heterocycles. The third-order valence-corrected chi connectivity index (χ3v) is 8.32. The van der Waals surface area contributed by atoms with Crippen molar-refractivity contribution in [3.05, 3.63) is 88.9 Å². The zero-order valence-electron chi connectivity index (χ0n) is 16.3. The Labute approximate surface area is 186 Å². The van der Waals surface area contributed by atoms with Crippen LogP contribution in [0.4, 0.5) is 5.69 Å². The second-order valence-corrected chi connectivity index (χ2v) is 11.0. The average Bonchev–Trinajstić information content (AvgIpc) is 2.71. The first-order chi connectivity index (χ1) is 14.7. The molecule has 0 fully saturated rings. The van der Waals surface area contributed by atoms with Gasteiger partial charge in [0.1, 0.15) is 9.79 Å². The number of nitrogens with one attached hydrogen (secondary N) is 1. The Bertz CT molecular complexity index is 1320. The summed E-state index contributed by atoms with van der Waals surface area (Å²) in [5.41, 5.74) is 1.99. The van der Waals surface area contributed by atoms with Gasteiger partial charge in [0.05, 0.1) is 16.9 Å². The van der Waals surface area contributed by atoms with E-state index in [0.29, 0.717) is 6.42 Å². The first-order valence-corrected chi connectivity index (χ1v) is 12.8. The van der Waals surface area contributed by atoms with Crippen LogP contribution in [0, 0.1) is 0 Å². The molecule has 1 aliphatic heterocycles. The van der Waals surface area contributed by atoms with Crippen LogP contribution in [-0.4, -0.2) is 27.3 Å². The van der Waals surface area contributed by atoms with Gasteiger partial charge in [-0.25, -0.2) is 22.0 Å². The summed E-state index contributed by atoms with van der Waals surface area (Å²) in [7, 11) is -8.26. The van der Waals surface area contributed by atoms with Crippen molar-refractivity contribution in [2.45, 2.75) is 28.9 Å².